The highest BCUT2D eigenvalue weighted by molar-refractivity contribution is 14.0. The number of halogens is 1. The van der Waals surface area contributed by atoms with Crippen LogP contribution in [-0.4, -0.2) is 26.2 Å². The van der Waals surface area contributed by atoms with Crippen molar-refractivity contribution in [2.24, 2.45) is 4.99 Å². The molecule has 0 bridgehead atoms. The van der Waals surface area contributed by atoms with E-state index < -0.39 is 0 Å². The van der Waals surface area contributed by atoms with Crippen LogP contribution in [0.3, 0.4) is 0 Å². The maximum absolute atomic E-state index is 5.69. The largest absolute Gasteiger partial charge is 0.377 e. The number of thiophene rings is 1. The molecule has 0 amide bonds. The van der Waals surface area contributed by atoms with Crippen molar-refractivity contribution in [3.05, 3.63) is 57.8 Å². The first-order chi connectivity index (χ1) is 12.2. The Bertz CT molecular complexity index is 646. The predicted molar refractivity (Wildman–Crippen MR) is 123 cm³/mol. The summed E-state index contributed by atoms with van der Waals surface area (Å²) in [7, 11) is 1.81. The third kappa shape index (κ3) is 7.63. The lowest BCUT2D eigenvalue weighted by Crippen LogP contribution is -2.38. The van der Waals surface area contributed by atoms with E-state index in [0.29, 0.717) is 12.5 Å². The van der Waals surface area contributed by atoms with Crippen molar-refractivity contribution >= 4 is 41.3 Å². The van der Waals surface area contributed by atoms with Gasteiger partial charge in [-0.1, -0.05) is 44.2 Å². The molecule has 0 spiro atoms. The molecular formula is C20H30IN3OS. The Morgan fingerprint density at radius 1 is 1.15 bits per heavy atom. The van der Waals surface area contributed by atoms with Crippen molar-refractivity contribution in [2.75, 3.05) is 20.2 Å². The summed E-state index contributed by atoms with van der Waals surface area (Å²) in [4.78, 5) is 5.72. The van der Waals surface area contributed by atoms with Crippen molar-refractivity contribution in [3.8, 4) is 0 Å². The molecule has 0 fully saturated rings. The zero-order valence-electron chi connectivity index (χ0n) is 15.8. The predicted octanol–water partition coefficient (Wildman–Crippen LogP) is 4.76. The van der Waals surface area contributed by atoms with E-state index in [4.69, 9.17) is 4.74 Å². The van der Waals surface area contributed by atoms with Gasteiger partial charge in [-0.2, -0.15) is 0 Å². The van der Waals surface area contributed by atoms with Crippen LogP contribution in [0.5, 0.6) is 0 Å². The van der Waals surface area contributed by atoms with Gasteiger partial charge in [0.15, 0.2) is 5.96 Å². The van der Waals surface area contributed by atoms with Crippen molar-refractivity contribution in [3.63, 3.8) is 0 Å². The first kappa shape index (κ1) is 22.9. The topological polar surface area (TPSA) is 45.6 Å². The van der Waals surface area contributed by atoms with Gasteiger partial charge in [0, 0.05) is 37.5 Å². The van der Waals surface area contributed by atoms with Gasteiger partial charge in [-0.05, 0) is 29.0 Å². The van der Waals surface area contributed by atoms with E-state index in [0.717, 1.165) is 32.1 Å². The third-order valence-electron chi connectivity index (χ3n) is 4.00. The van der Waals surface area contributed by atoms with Crippen molar-refractivity contribution < 1.29 is 4.74 Å². The molecule has 1 aromatic heterocycles. The molecule has 2 aromatic rings. The molecule has 4 nitrogen and oxygen atoms in total. The van der Waals surface area contributed by atoms with E-state index in [1.807, 2.05) is 0 Å². The van der Waals surface area contributed by atoms with Gasteiger partial charge < -0.3 is 15.4 Å². The number of guanidine groups is 1. The molecule has 0 aliphatic heterocycles. The van der Waals surface area contributed by atoms with Gasteiger partial charge in [-0.15, -0.1) is 35.3 Å². The maximum atomic E-state index is 5.69. The van der Waals surface area contributed by atoms with Crippen molar-refractivity contribution in [1.29, 1.82) is 0 Å². The normalized spacial score (nSPS) is 12.3. The maximum Gasteiger partial charge on any atom is 0.191 e. The van der Waals surface area contributed by atoms with E-state index >= 15 is 0 Å². The molecule has 1 aromatic carbocycles. The van der Waals surface area contributed by atoms with Crippen molar-refractivity contribution in [2.45, 2.75) is 39.3 Å². The molecule has 26 heavy (non-hydrogen) atoms. The first-order valence-corrected chi connectivity index (χ1v) is 9.75. The molecular weight excluding hydrogens is 457 g/mol. The molecule has 1 atom stereocenters. The second kappa shape index (κ2) is 13.1. The van der Waals surface area contributed by atoms with Crippen molar-refractivity contribution in [1.82, 2.24) is 10.6 Å². The summed E-state index contributed by atoms with van der Waals surface area (Å²) in [6, 6.07) is 12.7. The lowest BCUT2D eigenvalue weighted by Gasteiger charge is -2.16. The Hall–Kier alpha value is -1.12. The molecule has 6 heteroatoms. The summed E-state index contributed by atoms with van der Waals surface area (Å²) in [5, 5.41) is 8.94. The van der Waals surface area contributed by atoms with E-state index in [1.54, 1.807) is 18.4 Å². The number of nitrogens with one attached hydrogen (secondary N) is 2. The minimum atomic E-state index is 0. The van der Waals surface area contributed by atoms with Crippen LogP contribution in [0.4, 0.5) is 0 Å². The van der Waals surface area contributed by atoms with Crippen LogP contribution in [0.2, 0.25) is 0 Å². The Morgan fingerprint density at radius 2 is 1.92 bits per heavy atom. The van der Waals surface area contributed by atoms with Crippen LogP contribution in [0.25, 0.3) is 0 Å². The zero-order valence-corrected chi connectivity index (χ0v) is 19.0. The summed E-state index contributed by atoms with van der Waals surface area (Å²) >= 11 is 1.80. The van der Waals surface area contributed by atoms with Crippen LogP contribution in [0, 0.1) is 0 Å². The average molecular weight is 487 g/mol. The Balaban J connectivity index is 0.00000338. The molecule has 0 aliphatic rings. The summed E-state index contributed by atoms with van der Waals surface area (Å²) in [5.41, 5.74) is 2.47. The fourth-order valence-corrected chi connectivity index (χ4v) is 3.31. The second-order valence-electron chi connectivity index (χ2n) is 6.04. The average Bonchev–Trinajstić information content (AvgIpc) is 3.17. The standard InChI is InChI=1S/C20H29N3OS.HI/c1-4-11-24-15-18-9-6-5-8-17(18)14-23-20(21-3)22-13-16(2)19-10-7-12-25-19;/h5-10,12,16H,4,11,13-15H2,1-3H3,(H2,21,22,23);1H. The highest BCUT2D eigenvalue weighted by Crippen LogP contribution is 2.19. The van der Waals surface area contributed by atoms with Crippen LogP contribution >= 0.6 is 35.3 Å². The smallest absolute Gasteiger partial charge is 0.191 e. The van der Waals surface area contributed by atoms with Gasteiger partial charge in [-0.3, -0.25) is 4.99 Å². The number of ether oxygens (including phenoxy) is 1. The fraction of sp³-hybridized carbons (Fsp3) is 0.450. The Labute approximate surface area is 178 Å². The van der Waals surface area contributed by atoms with Crippen LogP contribution in [-0.2, 0) is 17.9 Å². The van der Waals surface area contributed by atoms with Gasteiger partial charge in [-0.25, -0.2) is 0 Å². The van der Waals surface area contributed by atoms with Crippen LogP contribution < -0.4 is 10.6 Å². The summed E-state index contributed by atoms with van der Waals surface area (Å²) in [6.07, 6.45) is 1.04. The van der Waals surface area contributed by atoms with Crippen LogP contribution in [0.1, 0.15) is 42.2 Å². The molecule has 0 radical (unpaired) electrons. The molecule has 0 saturated heterocycles. The molecule has 2 N–H and O–H groups in total. The molecule has 1 unspecified atom stereocenters. The quantitative estimate of drug-likeness (QED) is 0.232. The molecule has 0 saturated carbocycles. The SMILES string of the molecule is CCCOCc1ccccc1CNC(=NC)NCC(C)c1cccs1.I. The first-order valence-electron chi connectivity index (χ1n) is 8.87. The monoisotopic (exact) mass is 487 g/mol. The molecule has 144 valence electrons. The van der Waals surface area contributed by atoms with Gasteiger partial charge in [0.05, 0.1) is 6.61 Å². The van der Waals surface area contributed by atoms with E-state index in [9.17, 15) is 0 Å². The minimum absolute atomic E-state index is 0. The summed E-state index contributed by atoms with van der Waals surface area (Å²) in [6.45, 7) is 7.41. The number of aliphatic imine (C=N–C) groups is 1. The molecule has 1 heterocycles. The summed E-state index contributed by atoms with van der Waals surface area (Å²) in [5.74, 6) is 1.29. The molecule has 2 rings (SSSR count). The van der Waals surface area contributed by atoms with Gasteiger partial charge in [0.25, 0.3) is 0 Å². The lowest BCUT2D eigenvalue weighted by atomic mass is 10.1. The Morgan fingerprint density at radius 3 is 2.58 bits per heavy atom. The number of hydrogen-bond donors (Lipinski definition) is 2. The second-order valence-corrected chi connectivity index (χ2v) is 7.02. The number of nitrogens with zero attached hydrogens (tertiary/aromatic N) is 1. The van der Waals surface area contributed by atoms with E-state index in [-0.39, 0.29) is 24.0 Å². The fourth-order valence-electron chi connectivity index (χ4n) is 2.52. The number of hydrogen-bond acceptors (Lipinski definition) is 3. The molecule has 0 aliphatic carbocycles. The zero-order chi connectivity index (χ0) is 17.9. The van der Waals surface area contributed by atoms with Crippen LogP contribution in [0.15, 0.2) is 46.8 Å². The lowest BCUT2D eigenvalue weighted by molar-refractivity contribution is 0.121. The van der Waals surface area contributed by atoms with E-state index in [2.05, 4.69) is 71.3 Å². The highest BCUT2D eigenvalue weighted by atomic mass is 127. The van der Waals surface area contributed by atoms with Gasteiger partial charge in [0.1, 0.15) is 0 Å². The van der Waals surface area contributed by atoms with Gasteiger partial charge >= 0.3 is 0 Å². The third-order valence-corrected chi connectivity index (χ3v) is 5.10. The number of rotatable bonds is 9. The van der Waals surface area contributed by atoms with E-state index in [1.165, 1.54) is 16.0 Å². The Kier molecular flexibility index (Phi) is 11.6. The minimum Gasteiger partial charge on any atom is -0.377 e. The summed E-state index contributed by atoms with van der Waals surface area (Å²) < 4.78 is 5.69. The number of benzene rings is 1. The highest BCUT2D eigenvalue weighted by Gasteiger charge is 2.08. The van der Waals surface area contributed by atoms with Gasteiger partial charge in [0.2, 0.25) is 0 Å².